The van der Waals surface area contributed by atoms with Crippen LogP contribution in [0, 0.1) is 0 Å². The number of ether oxygens (including phenoxy) is 1. The lowest BCUT2D eigenvalue weighted by Crippen LogP contribution is -2.29. The molecule has 0 aliphatic heterocycles. The van der Waals surface area contributed by atoms with Crippen molar-refractivity contribution in [2.45, 2.75) is 6.04 Å². The van der Waals surface area contributed by atoms with Crippen molar-refractivity contribution in [2.75, 3.05) is 14.2 Å². The summed E-state index contributed by atoms with van der Waals surface area (Å²) in [6, 6.07) is -0.0162. The first kappa shape index (κ1) is 7.85. The van der Waals surface area contributed by atoms with E-state index in [9.17, 15) is 4.79 Å². The van der Waals surface area contributed by atoms with E-state index in [1.807, 2.05) is 18.2 Å². The summed E-state index contributed by atoms with van der Waals surface area (Å²) in [4.78, 5) is 11.9. The van der Waals surface area contributed by atoms with Gasteiger partial charge >= 0.3 is 0 Å². The third-order valence-corrected chi connectivity index (χ3v) is 1.69. The standard InChI is InChI=1S/C8H11NO2/c1-9(6-10)7-4-3-5-8(7)11-2/h3-7H,1-2H3. The highest BCUT2D eigenvalue weighted by molar-refractivity contribution is 5.50. The molecule has 0 heterocycles. The molecule has 0 fully saturated rings. The summed E-state index contributed by atoms with van der Waals surface area (Å²) in [6.07, 6.45) is 6.43. The summed E-state index contributed by atoms with van der Waals surface area (Å²) in [7, 11) is 3.32. The van der Waals surface area contributed by atoms with Gasteiger partial charge in [-0.3, -0.25) is 4.79 Å². The van der Waals surface area contributed by atoms with Crippen molar-refractivity contribution < 1.29 is 9.53 Å². The Balaban J connectivity index is 2.66. The van der Waals surface area contributed by atoms with E-state index in [1.165, 1.54) is 0 Å². The van der Waals surface area contributed by atoms with Crippen molar-refractivity contribution in [3.63, 3.8) is 0 Å². The summed E-state index contributed by atoms with van der Waals surface area (Å²) in [5, 5.41) is 0. The molecule has 0 spiro atoms. The Kier molecular flexibility index (Phi) is 2.31. The molecule has 1 unspecified atom stereocenters. The highest BCUT2D eigenvalue weighted by atomic mass is 16.5. The minimum atomic E-state index is -0.0162. The predicted octanol–water partition coefficient (Wildman–Crippen LogP) is 0.543. The molecule has 0 aromatic heterocycles. The zero-order valence-corrected chi connectivity index (χ0v) is 6.65. The van der Waals surface area contributed by atoms with Crippen LogP contribution in [0.5, 0.6) is 0 Å². The van der Waals surface area contributed by atoms with Crippen LogP contribution >= 0.6 is 0 Å². The molecular weight excluding hydrogens is 142 g/mol. The second-order valence-corrected chi connectivity index (χ2v) is 2.37. The van der Waals surface area contributed by atoms with Gasteiger partial charge in [0.25, 0.3) is 0 Å². The Morgan fingerprint density at radius 3 is 3.00 bits per heavy atom. The molecule has 3 heteroatoms. The van der Waals surface area contributed by atoms with Gasteiger partial charge in [0, 0.05) is 7.05 Å². The lowest BCUT2D eigenvalue weighted by molar-refractivity contribution is -0.118. The normalized spacial score (nSPS) is 21.3. The second kappa shape index (κ2) is 3.23. The SMILES string of the molecule is COC1=CC=CC1N(C)C=O. The van der Waals surface area contributed by atoms with Crippen molar-refractivity contribution in [1.29, 1.82) is 0 Å². The van der Waals surface area contributed by atoms with Crippen LogP contribution in [0.1, 0.15) is 0 Å². The van der Waals surface area contributed by atoms with E-state index in [4.69, 9.17) is 4.74 Å². The van der Waals surface area contributed by atoms with Crippen LogP contribution in [0.15, 0.2) is 24.0 Å². The van der Waals surface area contributed by atoms with Crippen LogP contribution in [0.2, 0.25) is 0 Å². The zero-order valence-electron chi connectivity index (χ0n) is 6.65. The number of allylic oxidation sites excluding steroid dienone is 2. The minimum Gasteiger partial charge on any atom is -0.499 e. The number of rotatable bonds is 3. The van der Waals surface area contributed by atoms with Gasteiger partial charge in [-0.2, -0.15) is 0 Å². The number of likely N-dealkylation sites (N-methyl/N-ethyl adjacent to an activating group) is 1. The fraction of sp³-hybridized carbons (Fsp3) is 0.375. The Bertz CT molecular complexity index is 208. The van der Waals surface area contributed by atoms with Gasteiger partial charge in [0.15, 0.2) is 0 Å². The Hall–Kier alpha value is -1.25. The van der Waals surface area contributed by atoms with Gasteiger partial charge in [-0.25, -0.2) is 0 Å². The van der Waals surface area contributed by atoms with E-state index in [2.05, 4.69) is 0 Å². The molecule has 1 rings (SSSR count). The summed E-state index contributed by atoms with van der Waals surface area (Å²) in [5.41, 5.74) is 0. The molecule has 0 aromatic carbocycles. The summed E-state index contributed by atoms with van der Waals surface area (Å²) < 4.78 is 5.04. The predicted molar refractivity (Wildman–Crippen MR) is 41.8 cm³/mol. The molecule has 11 heavy (non-hydrogen) atoms. The molecule has 0 saturated heterocycles. The molecule has 1 atom stereocenters. The quantitative estimate of drug-likeness (QED) is 0.554. The number of nitrogens with zero attached hydrogens (tertiary/aromatic N) is 1. The minimum absolute atomic E-state index is 0.0162. The van der Waals surface area contributed by atoms with Crippen LogP contribution in [0.25, 0.3) is 0 Å². The average Bonchev–Trinajstić information content (AvgIpc) is 2.50. The van der Waals surface area contributed by atoms with Crippen LogP contribution in [-0.4, -0.2) is 31.5 Å². The van der Waals surface area contributed by atoms with E-state index in [0.29, 0.717) is 0 Å². The third kappa shape index (κ3) is 1.42. The smallest absolute Gasteiger partial charge is 0.210 e. The number of methoxy groups -OCH3 is 1. The first-order valence-electron chi connectivity index (χ1n) is 3.39. The molecule has 60 valence electrons. The van der Waals surface area contributed by atoms with E-state index >= 15 is 0 Å². The topological polar surface area (TPSA) is 29.5 Å². The Labute approximate surface area is 65.9 Å². The largest absolute Gasteiger partial charge is 0.499 e. The number of amides is 1. The molecule has 1 aliphatic rings. The average molecular weight is 153 g/mol. The fourth-order valence-electron chi connectivity index (χ4n) is 1.04. The maximum Gasteiger partial charge on any atom is 0.210 e. The van der Waals surface area contributed by atoms with Crippen molar-refractivity contribution in [3.8, 4) is 0 Å². The molecule has 0 bridgehead atoms. The zero-order chi connectivity index (χ0) is 8.27. The van der Waals surface area contributed by atoms with Crippen LogP contribution < -0.4 is 0 Å². The van der Waals surface area contributed by atoms with Crippen LogP contribution in [0.3, 0.4) is 0 Å². The van der Waals surface area contributed by atoms with Gasteiger partial charge in [-0.1, -0.05) is 12.2 Å². The molecular formula is C8H11NO2. The van der Waals surface area contributed by atoms with E-state index in [-0.39, 0.29) is 6.04 Å². The van der Waals surface area contributed by atoms with E-state index in [1.54, 1.807) is 19.1 Å². The first-order valence-corrected chi connectivity index (χ1v) is 3.39. The summed E-state index contributed by atoms with van der Waals surface area (Å²) in [6.45, 7) is 0. The van der Waals surface area contributed by atoms with Crippen LogP contribution in [0.4, 0.5) is 0 Å². The molecule has 0 radical (unpaired) electrons. The van der Waals surface area contributed by atoms with Gasteiger partial charge in [0.2, 0.25) is 6.41 Å². The van der Waals surface area contributed by atoms with E-state index in [0.717, 1.165) is 12.2 Å². The van der Waals surface area contributed by atoms with Gasteiger partial charge in [0.05, 0.1) is 7.11 Å². The van der Waals surface area contributed by atoms with Gasteiger partial charge < -0.3 is 9.64 Å². The van der Waals surface area contributed by atoms with Crippen molar-refractivity contribution >= 4 is 6.41 Å². The van der Waals surface area contributed by atoms with Gasteiger partial charge in [0.1, 0.15) is 11.8 Å². The van der Waals surface area contributed by atoms with Gasteiger partial charge in [-0.05, 0) is 6.08 Å². The number of carbonyl (C=O) groups excluding carboxylic acids is 1. The van der Waals surface area contributed by atoms with Crippen LogP contribution in [-0.2, 0) is 9.53 Å². The monoisotopic (exact) mass is 153 g/mol. The second-order valence-electron chi connectivity index (χ2n) is 2.37. The number of hydrogen-bond acceptors (Lipinski definition) is 2. The molecule has 0 saturated carbocycles. The maximum absolute atomic E-state index is 10.4. The highest BCUT2D eigenvalue weighted by Crippen LogP contribution is 2.15. The molecule has 1 amide bonds. The van der Waals surface area contributed by atoms with Gasteiger partial charge in [-0.15, -0.1) is 0 Å². The van der Waals surface area contributed by atoms with Crippen molar-refractivity contribution in [3.05, 3.63) is 24.0 Å². The summed E-state index contributed by atoms with van der Waals surface area (Å²) >= 11 is 0. The number of carbonyl (C=O) groups is 1. The van der Waals surface area contributed by atoms with Crippen molar-refractivity contribution in [1.82, 2.24) is 4.90 Å². The molecule has 0 N–H and O–H groups in total. The lowest BCUT2D eigenvalue weighted by Gasteiger charge is -2.20. The third-order valence-electron chi connectivity index (χ3n) is 1.69. The molecule has 3 nitrogen and oxygen atoms in total. The Morgan fingerprint density at radius 1 is 1.73 bits per heavy atom. The van der Waals surface area contributed by atoms with Crippen molar-refractivity contribution in [2.24, 2.45) is 0 Å². The summed E-state index contributed by atoms with van der Waals surface area (Å²) in [5.74, 6) is 0.805. The number of hydrogen-bond donors (Lipinski definition) is 0. The lowest BCUT2D eigenvalue weighted by atomic mass is 10.3. The molecule has 1 aliphatic carbocycles. The highest BCUT2D eigenvalue weighted by Gasteiger charge is 2.18. The fourth-order valence-corrected chi connectivity index (χ4v) is 1.04. The first-order chi connectivity index (χ1) is 5.29. The Morgan fingerprint density at radius 2 is 2.45 bits per heavy atom. The molecule has 0 aromatic rings. The maximum atomic E-state index is 10.4. The van der Waals surface area contributed by atoms with E-state index < -0.39 is 0 Å².